The molecule has 0 aliphatic rings. The van der Waals surface area contributed by atoms with E-state index in [1.807, 2.05) is 32.0 Å². The number of benzene rings is 1. The summed E-state index contributed by atoms with van der Waals surface area (Å²) in [5.74, 6) is -0.0403. The van der Waals surface area contributed by atoms with E-state index in [4.69, 9.17) is 5.26 Å². The van der Waals surface area contributed by atoms with E-state index in [9.17, 15) is 4.79 Å². The lowest BCUT2D eigenvalue weighted by molar-refractivity contribution is 0.0956. The van der Waals surface area contributed by atoms with Crippen LogP contribution in [0.1, 0.15) is 49.5 Å². The van der Waals surface area contributed by atoms with Crippen LogP contribution in [0.2, 0.25) is 0 Å². The zero-order valence-electron chi connectivity index (χ0n) is 13.4. The number of carbonyl (C=O) groups is 1. The summed E-state index contributed by atoms with van der Waals surface area (Å²) in [6, 6.07) is 7.87. The molecule has 0 saturated heterocycles. The Morgan fingerprint density at radius 1 is 1.38 bits per heavy atom. The molecule has 1 aromatic carbocycles. The minimum absolute atomic E-state index is 0.0403. The van der Waals surface area contributed by atoms with Gasteiger partial charge in [-0.2, -0.15) is 5.26 Å². The Morgan fingerprint density at radius 2 is 2.10 bits per heavy atom. The number of nitrogens with one attached hydrogen (secondary N) is 2. The van der Waals surface area contributed by atoms with Crippen LogP contribution in [0.25, 0.3) is 0 Å². The molecule has 0 spiro atoms. The maximum absolute atomic E-state index is 11.8. The van der Waals surface area contributed by atoms with Crippen LogP contribution in [-0.2, 0) is 0 Å². The molecule has 1 amide bonds. The molecule has 0 fully saturated rings. The van der Waals surface area contributed by atoms with Gasteiger partial charge in [-0.1, -0.05) is 13.8 Å². The predicted molar refractivity (Wildman–Crippen MR) is 86.3 cm³/mol. The van der Waals surface area contributed by atoms with Gasteiger partial charge in [0, 0.05) is 30.8 Å². The number of aryl methyl sites for hydroxylation is 1. The van der Waals surface area contributed by atoms with Crippen molar-refractivity contribution in [1.82, 2.24) is 5.32 Å². The van der Waals surface area contributed by atoms with Crippen molar-refractivity contribution in [2.45, 2.75) is 40.5 Å². The molecular weight excluding hydrogens is 262 g/mol. The SMILES string of the molecule is CCNC(=O)c1ccc(NCC(C)(C)CCC#N)c(C)c1. The molecule has 0 radical (unpaired) electrons. The Labute approximate surface area is 127 Å². The number of hydrogen-bond donors (Lipinski definition) is 2. The summed E-state index contributed by atoms with van der Waals surface area (Å²) in [6.45, 7) is 9.63. The third kappa shape index (κ3) is 5.47. The van der Waals surface area contributed by atoms with Gasteiger partial charge < -0.3 is 10.6 Å². The molecule has 0 heterocycles. The minimum atomic E-state index is -0.0403. The van der Waals surface area contributed by atoms with Gasteiger partial charge >= 0.3 is 0 Å². The molecule has 0 saturated carbocycles. The van der Waals surface area contributed by atoms with Crippen LogP contribution < -0.4 is 10.6 Å². The first-order chi connectivity index (χ1) is 9.89. The second-order valence-electron chi connectivity index (χ2n) is 6.07. The van der Waals surface area contributed by atoms with E-state index in [1.165, 1.54) is 0 Å². The van der Waals surface area contributed by atoms with Crippen LogP contribution in [0.5, 0.6) is 0 Å². The standard InChI is InChI=1S/C17H25N3O/c1-5-19-16(21)14-7-8-15(13(2)11-14)20-12-17(3,4)9-6-10-18/h7-8,11,20H,5-6,9,12H2,1-4H3,(H,19,21). The molecule has 0 atom stereocenters. The van der Waals surface area contributed by atoms with Crippen molar-refractivity contribution in [2.24, 2.45) is 5.41 Å². The maximum atomic E-state index is 11.8. The van der Waals surface area contributed by atoms with Crippen LogP contribution in [0.3, 0.4) is 0 Å². The molecule has 0 aliphatic heterocycles. The largest absolute Gasteiger partial charge is 0.384 e. The highest BCUT2D eigenvalue weighted by Gasteiger charge is 2.17. The lowest BCUT2D eigenvalue weighted by Gasteiger charge is -2.25. The van der Waals surface area contributed by atoms with Crippen LogP contribution in [0.15, 0.2) is 18.2 Å². The fraction of sp³-hybridized carbons (Fsp3) is 0.529. The molecule has 0 bridgehead atoms. The van der Waals surface area contributed by atoms with Crippen molar-refractivity contribution >= 4 is 11.6 Å². The third-order valence-electron chi connectivity index (χ3n) is 3.50. The van der Waals surface area contributed by atoms with Gasteiger partial charge in [-0.25, -0.2) is 0 Å². The van der Waals surface area contributed by atoms with Crippen molar-refractivity contribution in [3.8, 4) is 6.07 Å². The Balaban J connectivity index is 2.69. The quantitative estimate of drug-likeness (QED) is 0.807. The molecule has 2 N–H and O–H groups in total. The Bertz CT molecular complexity index is 529. The topological polar surface area (TPSA) is 64.9 Å². The highest BCUT2D eigenvalue weighted by molar-refractivity contribution is 5.94. The van der Waals surface area contributed by atoms with Crippen LogP contribution >= 0.6 is 0 Å². The van der Waals surface area contributed by atoms with Gasteiger partial charge in [0.1, 0.15) is 0 Å². The molecule has 4 nitrogen and oxygen atoms in total. The van der Waals surface area contributed by atoms with Gasteiger partial charge in [0.05, 0.1) is 6.07 Å². The van der Waals surface area contributed by atoms with Gasteiger partial charge in [0.25, 0.3) is 5.91 Å². The molecule has 0 aromatic heterocycles. The lowest BCUT2D eigenvalue weighted by atomic mass is 9.88. The fourth-order valence-electron chi connectivity index (χ4n) is 2.08. The zero-order valence-corrected chi connectivity index (χ0v) is 13.4. The van der Waals surface area contributed by atoms with Crippen molar-refractivity contribution in [2.75, 3.05) is 18.4 Å². The van der Waals surface area contributed by atoms with E-state index in [0.717, 1.165) is 24.2 Å². The van der Waals surface area contributed by atoms with Gasteiger partial charge in [0.15, 0.2) is 0 Å². The number of nitrogens with zero attached hydrogens (tertiary/aromatic N) is 1. The first-order valence-electron chi connectivity index (χ1n) is 7.39. The van der Waals surface area contributed by atoms with E-state index in [-0.39, 0.29) is 11.3 Å². The van der Waals surface area contributed by atoms with E-state index in [1.54, 1.807) is 0 Å². The Morgan fingerprint density at radius 3 is 2.67 bits per heavy atom. The van der Waals surface area contributed by atoms with Crippen molar-refractivity contribution in [1.29, 1.82) is 5.26 Å². The van der Waals surface area contributed by atoms with Crippen LogP contribution in [0, 0.1) is 23.7 Å². The van der Waals surface area contributed by atoms with E-state index < -0.39 is 0 Å². The highest BCUT2D eigenvalue weighted by Crippen LogP contribution is 2.24. The van der Waals surface area contributed by atoms with E-state index >= 15 is 0 Å². The molecule has 1 rings (SSSR count). The normalized spacial score (nSPS) is 10.8. The van der Waals surface area contributed by atoms with Crippen LogP contribution in [-0.4, -0.2) is 19.0 Å². The van der Waals surface area contributed by atoms with Gasteiger partial charge in [0.2, 0.25) is 0 Å². The first-order valence-corrected chi connectivity index (χ1v) is 7.39. The summed E-state index contributed by atoms with van der Waals surface area (Å²) >= 11 is 0. The van der Waals surface area contributed by atoms with E-state index in [0.29, 0.717) is 18.5 Å². The number of amides is 1. The minimum Gasteiger partial charge on any atom is -0.384 e. The summed E-state index contributed by atoms with van der Waals surface area (Å²) in [4.78, 5) is 11.8. The molecule has 4 heteroatoms. The molecule has 0 aliphatic carbocycles. The van der Waals surface area contributed by atoms with Crippen molar-refractivity contribution < 1.29 is 4.79 Å². The molecular formula is C17H25N3O. The third-order valence-corrected chi connectivity index (χ3v) is 3.50. The van der Waals surface area contributed by atoms with Gasteiger partial charge in [-0.15, -0.1) is 0 Å². The Kier molecular flexibility index (Phi) is 6.23. The van der Waals surface area contributed by atoms with Crippen molar-refractivity contribution in [3.05, 3.63) is 29.3 Å². The predicted octanol–water partition coefficient (Wildman–Crippen LogP) is 3.49. The van der Waals surface area contributed by atoms with Gasteiger partial charge in [-0.05, 0) is 49.4 Å². The molecule has 0 unspecified atom stereocenters. The summed E-state index contributed by atoms with van der Waals surface area (Å²) < 4.78 is 0. The average Bonchev–Trinajstić information content (AvgIpc) is 2.44. The number of nitriles is 1. The summed E-state index contributed by atoms with van der Waals surface area (Å²) in [6.07, 6.45) is 1.44. The highest BCUT2D eigenvalue weighted by atomic mass is 16.1. The average molecular weight is 287 g/mol. The monoisotopic (exact) mass is 287 g/mol. The van der Waals surface area contributed by atoms with Crippen molar-refractivity contribution in [3.63, 3.8) is 0 Å². The molecule has 21 heavy (non-hydrogen) atoms. The molecule has 114 valence electrons. The smallest absolute Gasteiger partial charge is 0.251 e. The summed E-state index contributed by atoms with van der Waals surface area (Å²) in [7, 11) is 0. The first kappa shape index (κ1) is 17.0. The molecule has 1 aromatic rings. The van der Waals surface area contributed by atoms with Gasteiger partial charge in [-0.3, -0.25) is 4.79 Å². The number of carbonyl (C=O) groups excluding carboxylic acids is 1. The second-order valence-corrected chi connectivity index (χ2v) is 6.07. The lowest BCUT2D eigenvalue weighted by Crippen LogP contribution is -2.24. The number of rotatable bonds is 7. The Hall–Kier alpha value is -2.02. The van der Waals surface area contributed by atoms with E-state index in [2.05, 4.69) is 30.6 Å². The summed E-state index contributed by atoms with van der Waals surface area (Å²) in [5.41, 5.74) is 2.84. The fourth-order valence-corrected chi connectivity index (χ4v) is 2.08. The van der Waals surface area contributed by atoms with Crippen LogP contribution in [0.4, 0.5) is 5.69 Å². The summed E-state index contributed by atoms with van der Waals surface area (Å²) in [5, 5.41) is 14.9. The number of anilines is 1. The number of hydrogen-bond acceptors (Lipinski definition) is 3. The zero-order chi connectivity index (χ0) is 15.9. The maximum Gasteiger partial charge on any atom is 0.251 e. The second kappa shape index (κ2) is 7.68.